The lowest BCUT2D eigenvalue weighted by Gasteiger charge is -2.39. The third-order valence-corrected chi connectivity index (χ3v) is 8.06. The van der Waals surface area contributed by atoms with Gasteiger partial charge in [-0.2, -0.15) is 17.0 Å². The molecule has 9 heteroatoms. The molecular formula is C25H26N4O4S. The van der Waals surface area contributed by atoms with Crippen LogP contribution in [0.25, 0.3) is 22.2 Å². The van der Waals surface area contributed by atoms with Gasteiger partial charge in [0.15, 0.2) is 5.58 Å². The third kappa shape index (κ3) is 4.49. The minimum Gasteiger partial charge on any atom is -0.408 e. The van der Waals surface area contributed by atoms with Crippen LogP contribution < -0.4 is 16.4 Å². The minimum atomic E-state index is -0.644. The topological polar surface area (TPSA) is 109 Å². The van der Waals surface area contributed by atoms with Crippen molar-refractivity contribution in [3.63, 3.8) is 0 Å². The van der Waals surface area contributed by atoms with Gasteiger partial charge in [-0.25, -0.2) is 4.79 Å². The zero-order valence-corrected chi connectivity index (χ0v) is 19.7. The molecule has 1 aromatic heterocycles. The lowest BCUT2D eigenvalue weighted by Crippen LogP contribution is -2.46. The van der Waals surface area contributed by atoms with Crippen molar-refractivity contribution in [1.82, 2.24) is 15.2 Å². The maximum atomic E-state index is 12.7. The molecule has 3 atom stereocenters. The molecule has 3 aromatic rings. The number of thioether (sulfide) groups is 1. The van der Waals surface area contributed by atoms with Crippen LogP contribution in [0, 0.1) is 11.3 Å². The standard InChI is InChI=1S/C25H26N4O4S/c1-29-20-11-18(6-7-21(20)33-24(29)31)17-4-2-16(3-5-17)10-19(12-26)28-23(30)22-13-27-14-25(15-32-22)8-9-34-25/h2-7,11,19,22,27H,8-10,13-15H2,1H3,(H,28,30). The highest BCUT2D eigenvalue weighted by Gasteiger charge is 2.41. The number of aryl methyl sites for hydroxylation is 1. The fourth-order valence-electron chi connectivity index (χ4n) is 4.37. The van der Waals surface area contributed by atoms with Crippen molar-refractivity contribution in [1.29, 1.82) is 5.26 Å². The van der Waals surface area contributed by atoms with Crippen molar-refractivity contribution in [2.75, 3.05) is 25.4 Å². The van der Waals surface area contributed by atoms with Crippen molar-refractivity contribution < 1.29 is 13.9 Å². The Kier molecular flexibility index (Phi) is 6.21. The summed E-state index contributed by atoms with van der Waals surface area (Å²) in [6.07, 6.45) is 0.911. The Morgan fingerprint density at radius 2 is 2.09 bits per heavy atom. The smallest absolute Gasteiger partial charge is 0.408 e. The number of ether oxygens (including phenoxy) is 1. The van der Waals surface area contributed by atoms with E-state index in [0.717, 1.165) is 40.9 Å². The number of amides is 1. The number of rotatable bonds is 5. The first-order valence-electron chi connectivity index (χ1n) is 11.3. The molecule has 8 nitrogen and oxygen atoms in total. The fourth-order valence-corrected chi connectivity index (χ4v) is 5.51. The number of hydrogen-bond acceptors (Lipinski definition) is 7. The van der Waals surface area contributed by atoms with E-state index in [-0.39, 0.29) is 10.7 Å². The van der Waals surface area contributed by atoms with Gasteiger partial charge >= 0.3 is 5.76 Å². The Morgan fingerprint density at radius 1 is 1.32 bits per heavy atom. The highest BCUT2D eigenvalue weighted by atomic mass is 32.2. The number of nitriles is 1. The van der Waals surface area contributed by atoms with Gasteiger partial charge in [-0.15, -0.1) is 0 Å². The molecule has 34 heavy (non-hydrogen) atoms. The van der Waals surface area contributed by atoms with Crippen LogP contribution in [0.2, 0.25) is 0 Å². The minimum absolute atomic E-state index is 0.0994. The van der Waals surface area contributed by atoms with Crippen LogP contribution in [0.5, 0.6) is 0 Å². The number of carbonyl (C=O) groups excluding carboxylic acids is 1. The summed E-state index contributed by atoms with van der Waals surface area (Å²) in [5.41, 5.74) is 4.17. The Hall–Kier alpha value is -3.06. The highest BCUT2D eigenvalue weighted by Crippen LogP contribution is 2.41. The quantitative estimate of drug-likeness (QED) is 0.579. The lowest BCUT2D eigenvalue weighted by atomic mass is 10.0. The summed E-state index contributed by atoms with van der Waals surface area (Å²) in [5.74, 6) is 0.490. The zero-order valence-electron chi connectivity index (χ0n) is 18.9. The average Bonchev–Trinajstić information content (AvgIpc) is 2.99. The monoisotopic (exact) mass is 478 g/mol. The molecular weight excluding hydrogens is 452 g/mol. The Morgan fingerprint density at radius 3 is 2.79 bits per heavy atom. The van der Waals surface area contributed by atoms with E-state index in [0.29, 0.717) is 25.2 Å². The van der Waals surface area contributed by atoms with Crippen LogP contribution in [0.3, 0.4) is 0 Å². The molecule has 176 valence electrons. The van der Waals surface area contributed by atoms with Crippen molar-refractivity contribution in [3.05, 3.63) is 58.6 Å². The van der Waals surface area contributed by atoms with Gasteiger partial charge in [0.1, 0.15) is 12.1 Å². The van der Waals surface area contributed by atoms with E-state index < -0.39 is 17.9 Å². The summed E-state index contributed by atoms with van der Waals surface area (Å²) in [4.78, 5) is 24.5. The number of aromatic nitrogens is 1. The third-order valence-electron chi connectivity index (χ3n) is 6.57. The molecule has 2 fully saturated rings. The van der Waals surface area contributed by atoms with Crippen molar-refractivity contribution in [3.8, 4) is 17.2 Å². The second-order valence-electron chi connectivity index (χ2n) is 8.91. The van der Waals surface area contributed by atoms with E-state index in [9.17, 15) is 14.9 Å². The van der Waals surface area contributed by atoms with Crippen LogP contribution in [0.4, 0.5) is 0 Å². The molecule has 3 unspecified atom stereocenters. The van der Waals surface area contributed by atoms with Crippen LogP contribution in [0.15, 0.2) is 51.7 Å². The molecule has 0 saturated carbocycles. The number of hydrogen-bond donors (Lipinski definition) is 2. The largest absolute Gasteiger partial charge is 0.419 e. The molecule has 1 spiro atoms. The number of carbonyl (C=O) groups is 1. The van der Waals surface area contributed by atoms with Crippen molar-refractivity contribution in [2.24, 2.45) is 7.05 Å². The fraction of sp³-hybridized carbons (Fsp3) is 0.400. The number of nitrogens with one attached hydrogen (secondary N) is 2. The maximum Gasteiger partial charge on any atom is 0.419 e. The van der Waals surface area contributed by atoms with E-state index in [1.807, 2.05) is 48.2 Å². The van der Waals surface area contributed by atoms with Gasteiger partial charge in [0.05, 0.1) is 22.9 Å². The summed E-state index contributed by atoms with van der Waals surface area (Å²) in [6.45, 7) is 1.85. The van der Waals surface area contributed by atoms with E-state index in [1.165, 1.54) is 4.57 Å². The van der Waals surface area contributed by atoms with Crippen molar-refractivity contribution >= 4 is 28.8 Å². The molecule has 1 amide bonds. The molecule has 5 rings (SSSR count). The van der Waals surface area contributed by atoms with E-state index in [2.05, 4.69) is 16.7 Å². The number of fused-ring (bicyclic) bond motifs is 1. The first kappa shape index (κ1) is 22.7. The SMILES string of the molecule is Cn1c(=O)oc2ccc(-c3ccc(CC(C#N)NC(=O)C4CNCC5(CCS5)CO4)cc3)cc21. The summed E-state index contributed by atoms with van der Waals surface area (Å²) in [5, 5.41) is 15.8. The Bertz CT molecular complexity index is 1300. The van der Waals surface area contributed by atoms with Gasteiger partial charge in [0, 0.05) is 26.6 Å². The van der Waals surface area contributed by atoms with E-state index >= 15 is 0 Å². The molecule has 0 aliphatic carbocycles. The molecule has 2 aliphatic rings. The van der Waals surface area contributed by atoms with Gasteiger partial charge < -0.3 is 19.8 Å². The summed E-state index contributed by atoms with van der Waals surface area (Å²) < 4.78 is 12.7. The van der Waals surface area contributed by atoms with Gasteiger partial charge in [0.2, 0.25) is 0 Å². The lowest BCUT2D eigenvalue weighted by molar-refractivity contribution is -0.132. The Balaban J connectivity index is 1.22. The second-order valence-corrected chi connectivity index (χ2v) is 10.5. The molecule has 0 bridgehead atoms. The summed E-state index contributed by atoms with van der Waals surface area (Å²) in [7, 11) is 1.68. The first-order valence-corrected chi connectivity index (χ1v) is 12.3. The average molecular weight is 479 g/mol. The van der Waals surface area contributed by atoms with E-state index in [1.54, 1.807) is 13.1 Å². The maximum absolute atomic E-state index is 12.7. The number of nitrogens with zero attached hydrogens (tertiary/aromatic N) is 2. The molecule has 2 aliphatic heterocycles. The molecule has 2 aromatic carbocycles. The zero-order chi connectivity index (χ0) is 23.7. The van der Waals surface area contributed by atoms with Crippen LogP contribution >= 0.6 is 11.8 Å². The van der Waals surface area contributed by atoms with Gasteiger partial charge in [-0.1, -0.05) is 30.3 Å². The second kappa shape index (κ2) is 9.29. The molecule has 2 N–H and O–H groups in total. The Labute approximate surface area is 201 Å². The number of oxazole rings is 1. The predicted molar refractivity (Wildman–Crippen MR) is 131 cm³/mol. The van der Waals surface area contributed by atoms with Gasteiger partial charge in [-0.05, 0) is 41.0 Å². The van der Waals surface area contributed by atoms with E-state index in [4.69, 9.17) is 9.15 Å². The first-order chi connectivity index (χ1) is 16.5. The van der Waals surface area contributed by atoms with Gasteiger partial charge in [-0.3, -0.25) is 9.36 Å². The molecule has 0 radical (unpaired) electrons. The van der Waals surface area contributed by atoms with Crippen LogP contribution in [-0.2, 0) is 23.0 Å². The van der Waals surface area contributed by atoms with Gasteiger partial charge in [0.25, 0.3) is 5.91 Å². The number of benzene rings is 2. The normalized spacial score (nSPS) is 23.1. The molecule has 3 heterocycles. The van der Waals surface area contributed by atoms with Crippen molar-refractivity contribution in [2.45, 2.75) is 29.7 Å². The highest BCUT2D eigenvalue weighted by molar-refractivity contribution is 8.02. The summed E-state index contributed by atoms with van der Waals surface area (Å²) in [6, 6.07) is 15.0. The van der Waals surface area contributed by atoms with Crippen LogP contribution in [-0.4, -0.2) is 52.8 Å². The van der Waals surface area contributed by atoms with Crippen LogP contribution in [0.1, 0.15) is 12.0 Å². The molecule has 2 saturated heterocycles. The summed E-state index contributed by atoms with van der Waals surface area (Å²) >= 11 is 1.89. The predicted octanol–water partition coefficient (Wildman–Crippen LogP) is 2.21.